The van der Waals surface area contributed by atoms with Gasteiger partial charge in [-0.3, -0.25) is 14.6 Å². The first-order chi connectivity index (χ1) is 18.5. The maximum Gasteiger partial charge on any atom is 0.255 e. The number of carbonyl (C=O) groups is 2. The maximum atomic E-state index is 13.8. The van der Waals surface area contributed by atoms with Crippen LogP contribution in [0.4, 0.5) is 5.82 Å². The van der Waals surface area contributed by atoms with E-state index >= 15 is 0 Å². The number of carbonyl (C=O) groups excluding carboxylic acids is 2. The fourth-order valence-corrected chi connectivity index (χ4v) is 5.43. The Morgan fingerprint density at radius 3 is 2.42 bits per heavy atom. The first-order valence-electron chi connectivity index (χ1n) is 12.7. The molecule has 1 aliphatic heterocycles. The molecule has 7 heteroatoms. The summed E-state index contributed by atoms with van der Waals surface area (Å²) in [5.74, 6) is -0.436. The molecule has 4 aromatic rings. The third kappa shape index (κ3) is 4.36. The fourth-order valence-electron chi connectivity index (χ4n) is 5.43. The predicted octanol–water partition coefficient (Wildman–Crippen LogP) is 5.33. The molecule has 0 saturated heterocycles. The van der Waals surface area contributed by atoms with Crippen LogP contribution in [0.1, 0.15) is 48.4 Å². The Kier molecular flexibility index (Phi) is 6.04. The third-order valence-corrected chi connectivity index (χ3v) is 7.26. The van der Waals surface area contributed by atoms with Crippen LogP contribution in [-0.2, 0) is 9.59 Å². The molecule has 2 aromatic carbocycles. The molecule has 38 heavy (non-hydrogen) atoms. The summed E-state index contributed by atoms with van der Waals surface area (Å²) in [7, 11) is 0. The van der Waals surface area contributed by atoms with Crippen molar-refractivity contribution >= 4 is 28.5 Å². The lowest BCUT2D eigenvalue weighted by molar-refractivity contribution is -0.116. The number of nitrogens with one attached hydrogen (secondary N) is 2. The van der Waals surface area contributed by atoms with E-state index in [1.54, 1.807) is 18.5 Å². The standard InChI is InChI=1S/C31H27N5O2/c1-18-12-13-27(33-16-18)36-31(38)28-19(2)34-24-14-21(20-8-4-3-5-9-20)15-26(37)29(24)30(28)25-17-32-22-10-6-7-11-23(22)35-25/h3-13,16-17,21,30,34H,14-15H2,1-2H3,(H,33,36,38). The number of allylic oxidation sites excluding steroid dienone is 3. The van der Waals surface area contributed by atoms with E-state index in [2.05, 4.69) is 32.7 Å². The minimum absolute atomic E-state index is 0.0128. The Morgan fingerprint density at radius 1 is 0.895 bits per heavy atom. The zero-order chi connectivity index (χ0) is 26.2. The summed E-state index contributed by atoms with van der Waals surface area (Å²) in [6.45, 7) is 3.81. The van der Waals surface area contributed by atoms with Crippen LogP contribution in [0.15, 0.2) is 102 Å². The highest BCUT2D eigenvalue weighted by Crippen LogP contribution is 2.45. The number of pyridine rings is 1. The van der Waals surface area contributed by atoms with Gasteiger partial charge < -0.3 is 10.6 Å². The Morgan fingerprint density at radius 2 is 1.66 bits per heavy atom. The number of amides is 1. The average Bonchev–Trinajstić information content (AvgIpc) is 2.93. The van der Waals surface area contributed by atoms with Crippen LogP contribution in [0.5, 0.6) is 0 Å². The molecule has 2 aliphatic rings. The van der Waals surface area contributed by atoms with E-state index in [-0.39, 0.29) is 17.6 Å². The minimum atomic E-state index is -0.641. The first kappa shape index (κ1) is 23.7. The summed E-state index contributed by atoms with van der Waals surface area (Å²) in [5.41, 5.74) is 6.75. The van der Waals surface area contributed by atoms with E-state index in [4.69, 9.17) is 4.98 Å². The normalized spacial score (nSPS) is 19.3. The van der Waals surface area contributed by atoms with Crippen molar-refractivity contribution in [3.63, 3.8) is 0 Å². The van der Waals surface area contributed by atoms with Crippen LogP contribution < -0.4 is 10.6 Å². The number of fused-ring (bicyclic) bond motifs is 1. The van der Waals surface area contributed by atoms with E-state index in [1.165, 1.54) is 0 Å². The molecular formula is C31H27N5O2. The third-order valence-electron chi connectivity index (χ3n) is 7.26. The lowest BCUT2D eigenvalue weighted by atomic mass is 9.72. The number of dihydropyridines is 1. The van der Waals surface area contributed by atoms with Crippen LogP contribution in [0.3, 0.4) is 0 Å². The predicted molar refractivity (Wildman–Crippen MR) is 146 cm³/mol. The SMILES string of the molecule is CC1=C(C(=O)Nc2ccc(C)cn2)C(c2cnc3ccccc3n2)C2=C(CC(c3ccccc3)CC2=O)N1. The van der Waals surface area contributed by atoms with E-state index in [9.17, 15) is 9.59 Å². The monoisotopic (exact) mass is 501 g/mol. The number of benzene rings is 2. The lowest BCUT2D eigenvalue weighted by Crippen LogP contribution is -2.37. The van der Waals surface area contributed by atoms with Crippen molar-refractivity contribution in [2.75, 3.05) is 5.32 Å². The van der Waals surface area contributed by atoms with Crippen molar-refractivity contribution in [1.82, 2.24) is 20.3 Å². The van der Waals surface area contributed by atoms with Gasteiger partial charge in [0.1, 0.15) is 5.82 Å². The number of para-hydroxylation sites is 2. The summed E-state index contributed by atoms with van der Waals surface area (Å²) >= 11 is 0. The second kappa shape index (κ2) is 9.67. The van der Waals surface area contributed by atoms with E-state index in [0.717, 1.165) is 22.3 Å². The van der Waals surface area contributed by atoms with Gasteiger partial charge in [0.05, 0.1) is 28.8 Å². The molecule has 1 amide bonds. The second-order valence-corrected chi connectivity index (χ2v) is 9.89. The van der Waals surface area contributed by atoms with Gasteiger partial charge in [0.15, 0.2) is 5.78 Å². The molecule has 2 aromatic heterocycles. The molecule has 1 aliphatic carbocycles. The molecule has 0 saturated carbocycles. The van der Waals surface area contributed by atoms with Crippen LogP contribution in [-0.4, -0.2) is 26.6 Å². The summed E-state index contributed by atoms with van der Waals surface area (Å²) in [4.78, 5) is 41.4. The highest BCUT2D eigenvalue weighted by Gasteiger charge is 2.41. The number of Topliss-reactive ketones (excluding diaryl/α,β-unsaturated/α-hetero) is 1. The molecule has 0 bridgehead atoms. The molecule has 2 N–H and O–H groups in total. The number of rotatable bonds is 4. The molecule has 2 atom stereocenters. The van der Waals surface area contributed by atoms with E-state index < -0.39 is 5.92 Å². The molecule has 188 valence electrons. The number of hydrogen-bond acceptors (Lipinski definition) is 6. The zero-order valence-corrected chi connectivity index (χ0v) is 21.2. The number of aromatic nitrogens is 3. The van der Waals surface area contributed by atoms with Gasteiger partial charge in [-0.15, -0.1) is 0 Å². The zero-order valence-electron chi connectivity index (χ0n) is 21.2. The molecule has 0 fully saturated rings. The van der Waals surface area contributed by atoms with Crippen molar-refractivity contribution in [3.8, 4) is 0 Å². The van der Waals surface area contributed by atoms with E-state index in [0.29, 0.717) is 46.7 Å². The lowest BCUT2D eigenvalue weighted by Gasteiger charge is -2.36. The molecule has 6 rings (SSSR count). The fraction of sp³-hybridized carbons (Fsp3) is 0.194. The Hall–Kier alpha value is -4.65. The number of anilines is 1. The molecule has 2 unspecified atom stereocenters. The molecule has 7 nitrogen and oxygen atoms in total. The van der Waals surface area contributed by atoms with Gasteiger partial charge in [0.25, 0.3) is 5.91 Å². The quantitative estimate of drug-likeness (QED) is 0.392. The smallest absolute Gasteiger partial charge is 0.255 e. The van der Waals surface area contributed by atoms with Gasteiger partial charge in [-0.1, -0.05) is 48.5 Å². The van der Waals surface area contributed by atoms with Gasteiger partial charge in [0, 0.05) is 35.2 Å². The van der Waals surface area contributed by atoms with Gasteiger partial charge in [-0.2, -0.15) is 0 Å². The maximum absolute atomic E-state index is 13.8. The number of nitrogens with zero attached hydrogens (tertiary/aromatic N) is 3. The average molecular weight is 502 g/mol. The highest BCUT2D eigenvalue weighted by molar-refractivity contribution is 6.09. The topological polar surface area (TPSA) is 96.9 Å². The Bertz CT molecular complexity index is 1620. The number of aryl methyl sites for hydroxylation is 1. The van der Waals surface area contributed by atoms with Crippen molar-refractivity contribution in [3.05, 3.63) is 118 Å². The van der Waals surface area contributed by atoms with Gasteiger partial charge >= 0.3 is 0 Å². The second-order valence-electron chi connectivity index (χ2n) is 9.89. The van der Waals surface area contributed by atoms with Crippen LogP contribution in [0, 0.1) is 6.92 Å². The highest BCUT2D eigenvalue weighted by atomic mass is 16.2. The molecule has 0 radical (unpaired) electrons. The van der Waals surface area contributed by atoms with Crippen LogP contribution in [0.2, 0.25) is 0 Å². The largest absolute Gasteiger partial charge is 0.362 e. The Labute approximate surface area is 220 Å². The molecule has 0 spiro atoms. The van der Waals surface area contributed by atoms with Crippen molar-refractivity contribution in [1.29, 1.82) is 0 Å². The van der Waals surface area contributed by atoms with E-state index in [1.807, 2.05) is 62.4 Å². The Balaban J connectivity index is 1.45. The van der Waals surface area contributed by atoms with Crippen LogP contribution in [0.25, 0.3) is 11.0 Å². The van der Waals surface area contributed by atoms with Crippen molar-refractivity contribution < 1.29 is 9.59 Å². The summed E-state index contributed by atoms with van der Waals surface area (Å²) < 4.78 is 0. The molecular weight excluding hydrogens is 474 g/mol. The number of hydrogen-bond donors (Lipinski definition) is 2. The minimum Gasteiger partial charge on any atom is -0.362 e. The van der Waals surface area contributed by atoms with Gasteiger partial charge in [0.2, 0.25) is 0 Å². The van der Waals surface area contributed by atoms with Crippen molar-refractivity contribution in [2.24, 2.45) is 0 Å². The van der Waals surface area contributed by atoms with Gasteiger partial charge in [-0.25, -0.2) is 9.97 Å². The number of ketones is 1. The molecule has 3 heterocycles. The van der Waals surface area contributed by atoms with Gasteiger partial charge in [-0.05, 0) is 55.5 Å². The first-order valence-corrected chi connectivity index (χ1v) is 12.7. The summed E-state index contributed by atoms with van der Waals surface area (Å²) in [5, 5.41) is 6.34. The van der Waals surface area contributed by atoms with Crippen molar-refractivity contribution in [2.45, 2.75) is 38.5 Å². The summed E-state index contributed by atoms with van der Waals surface area (Å²) in [6.07, 6.45) is 4.44. The summed E-state index contributed by atoms with van der Waals surface area (Å²) in [6, 6.07) is 21.4. The van der Waals surface area contributed by atoms with Crippen LogP contribution >= 0.6 is 0 Å².